The highest BCUT2D eigenvalue weighted by Crippen LogP contribution is 2.38. The smallest absolute Gasteiger partial charge is 0.115 e. The maximum Gasteiger partial charge on any atom is 0.115 e. The SMILES string of the molecule is Cl.Oc1ccc(CC2(N3CCCC3)CCCCC2)cc1. The molecule has 0 bridgehead atoms. The summed E-state index contributed by atoms with van der Waals surface area (Å²) < 4.78 is 0. The van der Waals surface area contributed by atoms with Gasteiger partial charge in [-0.05, 0) is 62.9 Å². The number of hydrogen-bond acceptors (Lipinski definition) is 2. The third-order valence-corrected chi connectivity index (χ3v) is 5.03. The van der Waals surface area contributed by atoms with Crippen molar-refractivity contribution >= 4 is 12.4 Å². The number of likely N-dealkylation sites (tertiary alicyclic amines) is 1. The van der Waals surface area contributed by atoms with Crippen molar-refractivity contribution in [2.24, 2.45) is 0 Å². The second-order valence-electron chi connectivity index (χ2n) is 6.32. The molecule has 0 unspecified atom stereocenters. The fourth-order valence-corrected chi connectivity index (χ4v) is 4.00. The maximum absolute atomic E-state index is 9.43. The minimum Gasteiger partial charge on any atom is -0.508 e. The summed E-state index contributed by atoms with van der Waals surface area (Å²) >= 11 is 0. The maximum atomic E-state index is 9.43. The highest BCUT2D eigenvalue weighted by Gasteiger charge is 2.38. The van der Waals surface area contributed by atoms with Crippen molar-refractivity contribution in [2.45, 2.75) is 56.9 Å². The van der Waals surface area contributed by atoms with Gasteiger partial charge in [-0.1, -0.05) is 31.4 Å². The van der Waals surface area contributed by atoms with E-state index in [0.29, 0.717) is 11.3 Å². The average Bonchev–Trinajstić information content (AvgIpc) is 2.97. The Kier molecular flexibility index (Phi) is 5.34. The molecule has 0 spiro atoms. The number of nitrogens with zero attached hydrogens (tertiary/aromatic N) is 1. The van der Waals surface area contributed by atoms with Gasteiger partial charge in [0.1, 0.15) is 5.75 Å². The van der Waals surface area contributed by atoms with E-state index in [4.69, 9.17) is 0 Å². The quantitative estimate of drug-likeness (QED) is 0.905. The average molecular weight is 296 g/mol. The van der Waals surface area contributed by atoms with Crippen LogP contribution < -0.4 is 0 Å². The summed E-state index contributed by atoms with van der Waals surface area (Å²) in [6, 6.07) is 7.86. The minimum absolute atomic E-state index is 0. The Bertz CT molecular complexity index is 406. The molecule has 1 heterocycles. The lowest BCUT2D eigenvalue weighted by Gasteiger charge is -2.45. The molecule has 3 heteroatoms. The third-order valence-electron chi connectivity index (χ3n) is 5.03. The number of aromatic hydroxyl groups is 1. The van der Waals surface area contributed by atoms with E-state index in [9.17, 15) is 5.11 Å². The Morgan fingerprint density at radius 2 is 1.50 bits per heavy atom. The Morgan fingerprint density at radius 3 is 2.10 bits per heavy atom. The third kappa shape index (κ3) is 3.29. The van der Waals surface area contributed by atoms with Crippen LogP contribution in [-0.4, -0.2) is 28.6 Å². The van der Waals surface area contributed by atoms with Crippen molar-refractivity contribution in [2.75, 3.05) is 13.1 Å². The van der Waals surface area contributed by atoms with Crippen LogP contribution in [0.25, 0.3) is 0 Å². The molecule has 2 nitrogen and oxygen atoms in total. The molecule has 0 atom stereocenters. The highest BCUT2D eigenvalue weighted by atomic mass is 35.5. The molecule has 1 aromatic rings. The Labute approximate surface area is 128 Å². The number of benzene rings is 1. The summed E-state index contributed by atoms with van der Waals surface area (Å²) in [5.74, 6) is 0.377. The first-order valence-electron chi connectivity index (χ1n) is 7.82. The molecule has 3 rings (SSSR count). The summed E-state index contributed by atoms with van der Waals surface area (Å²) in [7, 11) is 0. The molecule has 1 saturated heterocycles. The number of halogens is 1. The van der Waals surface area contributed by atoms with E-state index in [0.717, 1.165) is 6.42 Å². The van der Waals surface area contributed by atoms with Gasteiger partial charge in [-0.2, -0.15) is 0 Å². The van der Waals surface area contributed by atoms with E-state index in [1.54, 1.807) is 0 Å². The molecule has 0 amide bonds. The van der Waals surface area contributed by atoms with Crippen molar-refractivity contribution < 1.29 is 5.11 Å². The predicted octanol–water partition coefficient (Wildman–Crippen LogP) is 4.16. The number of rotatable bonds is 3. The normalized spacial score (nSPS) is 22.4. The zero-order valence-corrected chi connectivity index (χ0v) is 13.0. The van der Waals surface area contributed by atoms with Crippen molar-refractivity contribution in [3.63, 3.8) is 0 Å². The largest absolute Gasteiger partial charge is 0.508 e. The highest BCUT2D eigenvalue weighted by molar-refractivity contribution is 5.85. The molecule has 1 saturated carbocycles. The van der Waals surface area contributed by atoms with Gasteiger partial charge in [-0.25, -0.2) is 0 Å². The fourth-order valence-electron chi connectivity index (χ4n) is 4.00. The second kappa shape index (κ2) is 6.82. The first-order valence-corrected chi connectivity index (χ1v) is 7.82. The first-order chi connectivity index (χ1) is 9.28. The van der Waals surface area contributed by atoms with Gasteiger partial charge in [0, 0.05) is 5.54 Å². The molecular weight excluding hydrogens is 270 g/mol. The lowest BCUT2D eigenvalue weighted by atomic mass is 9.76. The first kappa shape index (κ1) is 15.7. The van der Waals surface area contributed by atoms with Crippen LogP contribution in [0, 0.1) is 0 Å². The summed E-state index contributed by atoms with van der Waals surface area (Å²) in [4.78, 5) is 2.76. The van der Waals surface area contributed by atoms with Gasteiger partial charge in [0.15, 0.2) is 0 Å². The summed E-state index contributed by atoms with van der Waals surface area (Å²) in [6.45, 7) is 2.58. The Balaban J connectivity index is 0.00000147. The van der Waals surface area contributed by atoms with Crippen molar-refractivity contribution in [3.8, 4) is 5.75 Å². The van der Waals surface area contributed by atoms with Crippen molar-refractivity contribution in [1.29, 1.82) is 0 Å². The van der Waals surface area contributed by atoms with Gasteiger partial charge >= 0.3 is 0 Å². The monoisotopic (exact) mass is 295 g/mol. The van der Waals surface area contributed by atoms with Gasteiger partial charge in [0.05, 0.1) is 0 Å². The standard InChI is InChI=1S/C17H25NO.ClH/c19-16-8-6-15(7-9-16)14-17(10-2-1-3-11-17)18-12-4-5-13-18;/h6-9,19H,1-5,10-14H2;1H. The van der Waals surface area contributed by atoms with Crippen LogP contribution >= 0.6 is 12.4 Å². The Morgan fingerprint density at radius 1 is 0.900 bits per heavy atom. The Hall–Kier alpha value is -0.730. The van der Waals surface area contributed by atoms with Crippen molar-refractivity contribution in [1.82, 2.24) is 4.90 Å². The van der Waals surface area contributed by atoms with Gasteiger partial charge in [-0.3, -0.25) is 4.90 Å². The van der Waals surface area contributed by atoms with Gasteiger partial charge < -0.3 is 5.11 Å². The van der Waals surface area contributed by atoms with Crippen LogP contribution in [0.2, 0.25) is 0 Å². The van der Waals surface area contributed by atoms with Crippen LogP contribution in [0.15, 0.2) is 24.3 Å². The minimum atomic E-state index is 0. The number of hydrogen-bond donors (Lipinski definition) is 1. The van der Waals surface area contributed by atoms with Crippen LogP contribution in [0.1, 0.15) is 50.5 Å². The number of phenols is 1. The lowest BCUT2D eigenvalue weighted by molar-refractivity contribution is 0.0729. The topological polar surface area (TPSA) is 23.5 Å². The lowest BCUT2D eigenvalue weighted by Crippen LogP contribution is -2.50. The van der Waals surface area contributed by atoms with Gasteiger partial charge in [0.2, 0.25) is 0 Å². The number of phenolic OH excluding ortho intramolecular Hbond substituents is 1. The van der Waals surface area contributed by atoms with E-state index >= 15 is 0 Å². The van der Waals surface area contributed by atoms with Gasteiger partial charge in [0.25, 0.3) is 0 Å². The molecule has 20 heavy (non-hydrogen) atoms. The van der Waals surface area contributed by atoms with Crippen molar-refractivity contribution in [3.05, 3.63) is 29.8 Å². The molecule has 1 aliphatic heterocycles. The predicted molar refractivity (Wildman–Crippen MR) is 85.7 cm³/mol. The molecule has 1 aliphatic carbocycles. The fraction of sp³-hybridized carbons (Fsp3) is 0.647. The van der Waals surface area contributed by atoms with E-state index in [1.807, 2.05) is 12.1 Å². The molecule has 2 aliphatic rings. The van der Waals surface area contributed by atoms with E-state index in [1.165, 1.54) is 63.6 Å². The van der Waals surface area contributed by atoms with E-state index in [2.05, 4.69) is 17.0 Å². The second-order valence-corrected chi connectivity index (χ2v) is 6.32. The van der Waals surface area contributed by atoms with E-state index in [-0.39, 0.29) is 12.4 Å². The molecule has 0 aromatic heterocycles. The molecule has 2 fully saturated rings. The van der Waals surface area contributed by atoms with Crippen LogP contribution in [0.5, 0.6) is 5.75 Å². The van der Waals surface area contributed by atoms with Crippen LogP contribution in [0.3, 0.4) is 0 Å². The zero-order chi connectivity index (χ0) is 13.1. The van der Waals surface area contributed by atoms with Gasteiger partial charge in [-0.15, -0.1) is 12.4 Å². The van der Waals surface area contributed by atoms with Crippen LogP contribution in [-0.2, 0) is 6.42 Å². The molecule has 112 valence electrons. The van der Waals surface area contributed by atoms with Crippen LogP contribution in [0.4, 0.5) is 0 Å². The summed E-state index contributed by atoms with van der Waals surface area (Å²) in [5.41, 5.74) is 1.79. The molecular formula is C17H26ClNO. The summed E-state index contributed by atoms with van der Waals surface area (Å²) in [5, 5.41) is 9.43. The molecule has 1 aromatic carbocycles. The molecule has 1 N–H and O–H groups in total. The zero-order valence-electron chi connectivity index (χ0n) is 12.2. The van der Waals surface area contributed by atoms with E-state index < -0.39 is 0 Å². The summed E-state index contributed by atoms with van der Waals surface area (Å²) in [6.07, 6.45) is 10.8. The molecule has 0 radical (unpaired) electrons.